The molecular formula is C6H10NNaO4. The second-order valence-electron chi connectivity index (χ2n) is 2.04. The van der Waals surface area contributed by atoms with Gasteiger partial charge in [0, 0.05) is 5.97 Å². The van der Waals surface area contributed by atoms with Gasteiger partial charge in [0.25, 0.3) is 0 Å². The molecule has 0 aromatic heterocycles. The van der Waals surface area contributed by atoms with Crippen LogP contribution in [0.4, 0.5) is 0 Å². The van der Waals surface area contributed by atoms with E-state index in [1.54, 1.807) is 0 Å². The number of carboxylic acid groups (broad SMARTS) is 1. The Morgan fingerprint density at radius 2 is 2.08 bits per heavy atom. The molecule has 0 fully saturated rings. The average molecular weight is 183 g/mol. The Labute approximate surface area is 92.5 Å². The van der Waals surface area contributed by atoms with Crippen LogP contribution >= 0.6 is 0 Å². The van der Waals surface area contributed by atoms with Crippen LogP contribution in [0.1, 0.15) is 12.8 Å². The summed E-state index contributed by atoms with van der Waals surface area (Å²) in [6, 6.07) is -0.863. The van der Waals surface area contributed by atoms with Gasteiger partial charge in [-0.05, 0) is 12.8 Å². The summed E-state index contributed by atoms with van der Waals surface area (Å²) in [6.07, 6.45) is -0.175. The standard InChI is InChI=1S/C6H11NO4.Na/c1-11-6(10)4(7)2-3-5(8)9;/h4H,2-3,7H2,1H3,(H,8,9);/q;+1/p-1/t4-;/m0./s1. The predicted octanol–water partition coefficient (Wildman–Crippen LogP) is -4.98. The largest absolute Gasteiger partial charge is 1.00 e. The van der Waals surface area contributed by atoms with Crippen molar-refractivity contribution in [2.45, 2.75) is 18.9 Å². The van der Waals surface area contributed by atoms with Gasteiger partial charge in [-0.3, -0.25) is 4.79 Å². The fraction of sp³-hybridized carbons (Fsp3) is 0.667. The van der Waals surface area contributed by atoms with Gasteiger partial charge in [0.1, 0.15) is 6.04 Å². The van der Waals surface area contributed by atoms with Crippen molar-refractivity contribution in [1.82, 2.24) is 0 Å². The second kappa shape index (κ2) is 7.54. The number of carbonyl (C=O) groups excluding carboxylic acids is 2. The van der Waals surface area contributed by atoms with Gasteiger partial charge in [-0.25, -0.2) is 0 Å². The minimum Gasteiger partial charge on any atom is -0.550 e. The summed E-state index contributed by atoms with van der Waals surface area (Å²) in [7, 11) is 1.20. The van der Waals surface area contributed by atoms with Gasteiger partial charge in [-0.1, -0.05) is 0 Å². The maximum atomic E-state index is 10.6. The van der Waals surface area contributed by atoms with E-state index in [0.29, 0.717) is 0 Å². The Morgan fingerprint density at radius 3 is 2.42 bits per heavy atom. The topological polar surface area (TPSA) is 92.5 Å². The number of hydrogen-bond donors (Lipinski definition) is 1. The van der Waals surface area contributed by atoms with Gasteiger partial charge in [0.05, 0.1) is 7.11 Å². The van der Waals surface area contributed by atoms with E-state index >= 15 is 0 Å². The number of ether oxygens (including phenoxy) is 1. The van der Waals surface area contributed by atoms with Crippen molar-refractivity contribution in [2.24, 2.45) is 5.73 Å². The van der Waals surface area contributed by atoms with Gasteiger partial charge in [0.2, 0.25) is 0 Å². The van der Waals surface area contributed by atoms with Crippen molar-refractivity contribution in [1.29, 1.82) is 0 Å². The van der Waals surface area contributed by atoms with Crippen LogP contribution in [0.25, 0.3) is 0 Å². The maximum absolute atomic E-state index is 10.6. The number of methoxy groups -OCH3 is 1. The van der Waals surface area contributed by atoms with E-state index in [-0.39, 0.29) is 42.4 Å². The molecule has 0 heterocycles. The van der Waals surface area contributed by atoms with Crippen molar-refractivity contribution in [3.63, 3.8) is 0 Å². The van der Waals surface area contributed by atoms with E-state index in [0.717, 1.165) is 0 Å². The molecule has 64 valence electrons. The van der Waals surface area contributed by atoms with Crippen LogP contribution in [0.15, 0.2) is 0 Å². The van der Waals surface area contributed by atoms with Crippen LogP contribution in [0, 0.1) is 0 Å². The van der Waals surface area contributed by atoms with Gasteiger partial charge < -0.3 is 20.4 Å². The zero-order chi connectivity index (χ0) is 8.85. The third kappa shape index (κ3) is 6.60. The molecule has 0 unspecified atom stereocenters. The first-order valence-corrected chi connectivity index (χ1v) is 3.11. The molecule has 2 N–H and O–H groups in total. The van der Waals surface area contributed by atoms with Crippen LogP contribution in [0.3, 0.4) is 0 Å². The Kier molecular flexibility index (Phi) is 9.07. The summed E-state index contributed by atoms with van der Waals surface area (Å²) in [6.45, 7) is 0. The van der Waals surface area contributed by atoms with Gasteiger partial charge in [-0.2, -0.15) is 0 Å². The molecule has 0 saturated carbocycles. The molecule has 0 aliphatic carbocycles. The van der Waals surface area contributed by atoms with Crippen LogP contribution in [-0.2, 0) is 14.3 Å². The number of nitrogens with two attached hydrogens (primary N) is 1. The van der Waals surface area contributed by atoms with Crippen LogP contribution < -0.4 is 40.4 Å². The number of rotatable bonds is 4. The summed E-state index contributed by atoms with van der Waals surface area (Å²) in [5.41, 5.74) is 5.21. The molecule has 0 aromatic rings. The molecule has 0 aliphatic rings. The van der Waals surface area contributed by atoms with E-state index in [1.165, 1.54) is 7.11 Å². The molecule has 0 amide bonds. The van der Waals surface area contributed by atoms with Gasteiger partial charge >= 0.3 is 35.5 Å². The zero-order valence-corrected chi connectivity index (χ0v) is 9.20. The molecule has 0 spiro atoms. The maximum Gasteiger partial charge on any atom is 1.00 e. The molecule has 5 nitrogen and oxygen atoms in total. The van der Waals surface area contributed by atoms with Crippen molar-refractivity contribution in [3.05, 3.63) is 0 Å². The number of carboxylic acids is 1. The minimum atomic E-state index is -1.22. The Balaban J connectivity index is 0. The van der Waals surface area contributed by atoms with Crippen molar-refractivity contribution < 1.29 is 49.0 Å². The smallest absolute Gasteiger partial charge is 0.550 e. The molecule has 0 aromatic carbocycles. The van der Waals surface area contributed by atoms with E-state index in [4.69, 9.17) is 5.73 Å². The number of carbonyl (C=O) groups is 2. The van der Waals surface area contributed by atoms with Crippen molar-refractivity contribution in [2.75, 3.05) is 7.11 Å². The fourth-order valence-corrected chi connectivity index (χ4v) is 0.543. The Bertz CT molecular complexity index is 162. The van der Waals surface area contributed by atoms with Crippen LogP contribution in [-0.4, -0.2) is 25.1 Å². The first-order valence-electron chi connectivity index (χ1n) is 3.11. The molecule has 0 radical (unpaired) electrons. The second-order valence-corrected chi connectivity index (χ2v) is 2.04. The summed E-state index contributed by atoms with van der Waals surface area (Å²) in [5.74, 6) is -1.82. The average Bonchev–Trinajstić information content (AvgIpc) is 1.98. The van der Waals surface area contributed by atoms with E-state index in [2.05, 4.69) is 4.74 Å². The molecule has 0 aliphatic heterocycles. The Hall–Kier alpha value is -0.100. The monoisotopic (exact) mass is 183 g/mol. The third-order valence-electron chi connectivity index (χ3n) is 1.16. The van der Waals surface area contributed by atoms with Crippen LogP contribution in [0.2, 0.25) is 0 Å². The summed E-state index contributed by atoms with van der Waals surface area (Å²) in [4.78, 5) is 20.5. The first-order chi connectivity index (χ1) is 5.07. The first kappa shape index (κ1) is 14.4. The number of esters is 1. The molecule has 6 heteroatoms. The molecule has 1 atom stereocenters. The number of aliphatic carboxylic acids is 1. The molecule has 0 bridgehead atoms. The summed E-state index contributed by atoms with van der Waals surface area (Å²) in [5, 5.41) is 9.90. The normalized spacial score (nSPS) is 11.2. The zero-order valence-electron chi connectivity index (χ0n) is 7.20. The van der Waals surface area contributed by atoms with E-state index in [1.807, 2.05) is 0 Å². The Morgan fingerprint density at radius 1 is 1.58 bits per heavy atom. The summed E-state index contributed by atoms with van der Waals surface area (Å²) >= 11 is 0. The molecule has 0 saturated heterocycles. The fourth-order valence-electron chi connectivity index (χ4n) is 0.543. The molecule has 0 rings (SSSR count). The summed E-state index contributed by atoms with van der Waals surface area (Å²) < 4.78 is 4.27. The van der Waals surface area contributed by atoms with Crippen molar-refractivity contribution >= 4 is 11.9 Å². The van der Waals surface area contributed by atoms with E-state index in [9.17, 15) is 14.7 Å². The minimum absolute atomic E-state index is 0. The number of hydrogen-bond acceptors (Lipinski definition) is 5. The van der Waals surface area contributed by atoms with Gasteiger partial charge in [-0.15, -0.1) is 0 Å². The van der Waals surface area contributed by atoms with E-state index < -0.39 is 18.0 Å². The molecule has 12 heavy (non-hydrogen) atoms. The predicted molar refractivity (Wildman–Crippen MR) is 34.2 cm³/mol. The SMILES string of the molecule is COC(=O)[C@@H](N)CCC(=O)[O-].[Na+]. The molecular weight excluding hydrogens is 173 g/mol. The third-order valence-corrected chi connectivity index (χ3v) is 1.16. The quantitative estimate of drug-likeness (QED) is 0.348. The van der Waals surface area contributed by atoms with Crippen molar-refractivity contribution in [3.8, 4) is 0 Å². The van der Waals surface area contributed by atoms with Crippen LogP contribution in [0.5, 0.6) is 0 Å². The van der Waals surface area contributed by atoms with Gasteiger partial charge in [0.15, 0.2) is 0 Å².